The Morgan fingerprint density at radius 2 is 1.94 bits per heavy atom. The molecule has 1 fully saturated rings. The van der Waals surface area contributed by atoms with E-state index in [2.05, 4.69) is 6.58 Å². The third-order valence-electron chi connectivity index (χ3n) is 2.94. The number of nitrogens with zero attached hydrogens (tertiary/aromatic N) is 1. The number of halogens is 3. The normalized spacial score (nSPS) is 26.8. The molecule has 0 aromatic heterocycles. The van der Waals surface area contributed by atoms with Crippen LogP contribution < -0.4 is 0 Å². The molecule has 1 aliphatic rings. The van der Waals surface area contributed by atoms with Crippen molar-refractivity contribution in [2.45, 2.75) is 38.2 Å². The van der Waals surface area contributed by atoms with Gasteiger partial charge in [0.2, 0.25) is 0 Å². The van der Waals surface area contributed by atoms with Gasteiger partial charge in [0, 0.05) is 12.6 Å². The topological polar surface area (TPSA) is 37.4 Å². The fourth-order valence-electron chi connectivity index (χ4n) is 1.93. The summed E-state index contributed by atoms with van der Waals surface area (Å²) in [5.41, 5.74) is -5.69. The maximum atomic E-state index is 12.5. The molecular weight excluding hydrogens is 255 g/mol. The Hall–Kier alpha value is -0.560. The van der Waals surface area contributed by atoms with Crippen LogP contribution in [0.25, 0.3) is 0 Å². The van der Waals surface area contributed by atoms with Crippen molar-refractivity contribution in [2.75, 3.05) is 6.54 Å². The maximum absolute atomic E-state index is 12.5. The molecule has 1 atom stereocenters. The first-order valence-electron chi connectivity index (χ1n) is 5.22. The van der Waals surface area contributed by atoms with Crippen LogP contribution in [-0.4, -0.2) is 30.8 Å². The molecule has 1 saturated heterocycles. The first kappa shape index (κ1) is 14.5. The minimum Gasteiger partial charge on any atom is -0.203 e. The van der Waals surface area contributed by atoms with E-state index in [4.69, 9.17) is 0 Å². The average molecular weight is 271 g/mol. The molecule has 1 aliphatic heterocycles. The first-order valence-corrected chi connectivity index (χ1v) is 6.66. The summed E-state index contributed by atoms with van der Waals surface area (Å²) >= 11 is 0. The highest BCUT2D eigenvalue weighted by atomic mass is 32.2. The molecule has 0 N–H and O–H groups in total. The molecule has 0 spiro atoms. The van der Waals surface area contributed by atoms with Gasteiger partial charge in [-0.2, -0.15) is 17.5 Å². The van der Waals surface area contributed by atoms with Crippen LogP contribution in [0.4, 0.5) is 13.2 Å². The highest BCUT2D eigenvalue weighted by Crippen LogP contribution is 2.38. The molecule has 0 radical (unpaired) electrons. The molecule has 7 heteroatoms. The third kappa shape index (κ3) is 2.82. The lowest BCUT2D eigenvalue weighted by Gasteiger charge is -2.41. The van der Waals surface area contributed by atoms with Crippen LogP contribution in [0.3, 0.4) is 0 Å². The Balaban J connectivity index is 3.12. The van der Waals surface area contributed by atoms with Crippen LogP contribution in [0.15, 0.2) is 12.7 Å². The molecule has 0 aliphatic carbocycles. The Kier molecular flexibility index (Phi) is 3.65. The van der Waals surface area contributed by atoms with Crippen molar-refractivity contribution < 1.29 is 21.6 Å². The van der Waals surface area contributed by atoms with Gasteiger partial charge in [0.1, 0.15) is 0 Å². The number of sulfonamides is 1. The molecule has 1 unspecified atom stereocenters. The number of hydrogen-bond acceptors (Lipinski definition) is 2. The lowest BCUT2D eigenvalue weighted by atomic mass is 9.82. The van der Waals surface area contributed by atoms with E-state index in [0.29, 0.717) is 17.1 Å². The van der Waals surface area contributed by atoms with E-state index in [0.717, 1.165) is 0 Å². The Labute approximate surface area is 99.3 Å². The number of hydrogen-bond donors (Lipinski definition) is 0. The van der Waals surface area contributed by atoms with Crippen molar-refractivity contribution in [3.05, 3.63) is 12.7 Å². The number of alkyl halides is 3. The minimum atomic E-state index is -5.27. The van der Waals surface area contributed by atoms with Crippen LogP contribution >= 0.6 is 0 Å². The van der Waals surface area contributed by atoms with E-state index >= 15 is 0 Å². The predicted octanol–water partition coefficient (Wildman–Crippen LogP) is 2.51. The summed E-state index contributed by atoms with van der Waals surface area (Å²) in [6, 6.07) is -0.769. The summed E-state index contributed by atoms with van der Waals surface area (Å²) in [4.78, 5) is 0. The first-order chi connectivity index (χ1) is 7.51. The van der Waals surface area contributed by atoms with Gasteiger partial charge in [-0.1, -0.05) is 19.9 Å². The quantitative estimate of drug-likeness (QED) is 0.724. The lowest BCUT2D eigenvalue weighted by Crippen LogP contribution is -2.52. The molecule has 1 heterocycles. The summed E-state index contributed by atoms with van der Waals surface area (Å²) in [5, 5.41) is 0. The predicted molar refractivity (Wildman–Crippen MR) is 58.7 cm³/mol. The molecule has 3 nitrogen and oxygen atoms in total. The number of rotatable bonds is 2. The summed E-state index contributed by atoms with van der Waals surface area (Å²) < 4.78 is 60.9. The van der Waals surface area contributed by atoms with Gasteiger partial charge >= 0.3 is 15.5 Å². The van der Waals surface area contributed by atoms with Gasteiger partial charge in [-0.15, -0.1) is 6.58 Å². The fourth-order valence-corrected chi connectivity index (χ4v) is 3.27. The molecule has 0 aromatic rings. The molecule has 1 rings (SSSR count). The Morgan fingerprint density at radius 3 is 2.35 bits per heavy atom. The van der Waals surface area contributed by atoms with Gasteiger partial charge < -0.3 is 0 Å². The van der Waals surface area contributed by atoms with Gasteiger partial charge in [0.25, 0.3) is 0 Å². The smallest absolute Gasteiger partial charge is 0.203 e. The second-order valence-electron chi connectivity index (χ2n) is 5.00. The average Bonchev–Trinajstić information content (AvgIpc) is 2.14. The standard InChI is InChI=1S/C10H16F3NO2S/c1-4-8-5-6-9(2,3)7-14(8)17(15,16)10(11,12)13/h4,8H,1,5-7H2,2-3H3. The van der Waals surface area contributed by atoms with Gasteiger partial charge in [-0.25, -0.2) is 8.42 Å². The third-order valence-corrected chi connectivity index (χ3v) is 4.55. The second kappa shape index (κ2) is 4.28. The molecule has 0 aromatic carbocycles. The van der Waals surface area contributed by atoms with E-state index in [1.165, 1.54) is 6.08 Å². The molecular formula is C10H16F3NO2S. The maximum Gasteiger partial charge on any atom is 0.511 e. The number of piperidine rings is 1. The highest BCUT2D eigenvalue weighted by molar-refractivity contribution is 7.90. The summed E-state index contributed by atoms with van der Waals surface area (Å²) in [5.74, 6) is 0. The van der Waals surface area contributed by atoms with Gasteiger partial charge in [-0.05, 0) is 18.3 Å². The van der Waals surface area contributed by atoms with Gasteiger partial charge in [0.05, 0.1) is 0 Å². The molecule has 100 valence electrons. The molecule has 0 bridgehead atoms. The van der Waals surface area contributed by atoms with E-state index in [9.17, 15) is 21.6 Å². The SMILES string of the molecule is C=CC1CCC(C)(C)CN1S(=O)(=O)C(F)(F)F. The lowest BCUT2D eigenvalue weighted by molar-refractivity contribution is -0.0518. The zero-order chi connectivity index (χ0) is 13.5. The van der Waals surface area contributed by atoms with Crippen molar-refractivity contribution in [1.82, 2.24) is 4.31 Å². The zero-order valence-electron chi connectivity index (χ0n) is 9.79. The largest absolute Gasteiger partial charge is 0.511 e. The van der Waals surface area contributed by atoms with Crippen LogP contribution in [0.2, 0.25) is 0 Å². The van der Waals surface area contributed by atoms with Crippen molar-refractivity contribution >= 4 is 10.0 Å². The van der Waals surface area contributed by atoms with E-state index in [1.807, 2.05) is 0 Å². The fraction of sp³-hybridized carbons (Fsp3) is 0.800. The van der Waals surface area contributed by atoms with E-state index < -0.39 is 27.0 Å². The highest BCUT2D eigenvalue weighted by Gasteiger charge is 2.53. The Morgan fingerprint density at radius 1 is 1.41 bits per heavy atom. The summed E-state index contributed by atoms with van der Waals surface area (Å²) in [7, 11) is -5.27. The van der Waals surface area contributed by atoms with Gasteiger partial charge in [-0.3, -0.25) is 0 Å². The van der Waals surface area contributed by atoms with E-state index in [1.54, 1.807) is 13.8 Å². The molecule has 0 saturated carbocycles. The second-order valence-corrected chi connectivity index (χ2v) is 6.88. The minimum absolute atomic E-state index is 0.133. The van der Waals surface area contributed by atoms with Crippen molar-refractivity contribution in [3.63, 3.8) is 0 Å². The summed E-state index contributed by atoms with van der Waals surface area (Å²) in [6.45, 7) is 6.78. The summed E-state index contributed by atoms with van der Waals surface area (Å²) in [6.07, 6.45) is 2.30. The van der Waals surface area contributed by atoms with Crippen LogP contribution in [0.5, 0.6) is 0 Å². The van der Waals surface area contributed by atoms with Crippen LogP contribution in [0.1, 0.15) is 26.7 Å². The molecule has 17 heavy (non-hydrogen) atoms. The van der Waals surface area contributed by atoms with Crippen LogP contribution in [-0.2, 0) is 10.0 Å². The van der Waals surface area contributed by atoms with Crippen molar-refractivity contribution in [1.29, 1.82) is 0 Å². The Bertz CT molecular complexity index is 400. The van der Waals surface area contributed by atoms with E-state index in [-0.39, 0.29) is 6.54 Å². The monoisotopic (exact) mass is 271 g/mol. The molecule has 0 amide bonds. The van der Waals surface area contributed by atoms with Crippen molar-refractivity contribution in [2.24, 2.45) is 5.41 Å². The van der Waals surface area contributed by atoms with Crippen molar-refractivity contribution in [3.8, 4) is 0 Å². The zero-order valence-corrected chi connectivity index (χ0v) is 10.6. The van der Waals surface area contributed by atoms with Crippen LogP contribution in [0, 0.1) is 5.41 Å². The van der Waals surface area contributed by atoms with Gasteiger partial charge in [0.15, 0.2) is 0 Å².